The minimum atomic E-state index is -0.700. The first-order chi connectivity index (χ1) is 13.8. The van der Waals surface area contributed by atoms with Crippen molar-refractivity contribution in [1.29, 1.82) is 0 Å². The van der Waals surface area contributed by atoms with E-state index < -0.39 is 23.9 Å². The van der Waals surface area contributed by atoms with E-state index in [1.54, 1.807) is 24.3 Å². The number of carbonyl (C=O) groups is 4. The second kappa shape index (κ2) is 10.0. The van der Waals surface area contributed by atoms with Crippen molar-refractivity contribution in [2.75, 3.05) is 14.2 Å². The molecule has 0 bridgehead atoms. The average Bonchev–Trinajstić information content (AvgIpc) is 2.72. The van der Waals surface area contributed by atoms with Crippen LogP contribution in [0.25, 0.3) is 0 Å². The third-order valence-corrected chi connectivity index (χ3v) is 3.93. The maximum Gasteiger partial charge on any atom is 0.338 e. The number of hydrogen-bond acceptors (Lipinski definition) is 7. The molecular formula is C21H21NO7. The fraction of sp³-hybridized carbons (Fsp3) is 0.238. The molecule has 0 aromatic heterocycles. The van der Waals surface area contributed by atoms with E-state index in [-0.39, 0.29) is 29.2 Å². The fourth-order valence-corrected chi connectivity index (χ4v) is 2.65. The Labute approximate surface area is 167 Å². The van der Waals surface area contributed by atoms with E-state index >= 15 is 0 Å². The quantitative estimate of drug-likeness (QED) is 0.563. The summed E-state index contributed by atoms with van der Waals surface area (Å²) in [7, 11) is 2.38. The van der Waals surface area contributed by atoms with Gasteiger partial charge in [0.1, 0.15) is 5.75 Å². The van der Waals surface area contributed by atoms with Gasteiger partial charge in [-0.05, 0) is 23.8 Å². The van der Waals surface area contributed by atoms with Crippen molar-refractivity contribution in [2.24, 2.45) is 0 Å². The Morgan fingerprint density at radius 2 is 1.45 bits per heavy atom. The molecule has 0 aliphatic rings. The van der Waals surface area contributed by atoms with Crippen LogP contribution < -0.4 is 10.1 Å². The second-order valence-electron chi connectivity index (χ2n) is 6.07. The number of benzene rings is 2. The van der Waals surface area contributed by atoms with E-state index in [1.165, 1.54) is 39.3 Å². The summed E-state index contributed by atoms with van der Waals surface area (Å²) in [6.07, 6.45) is -0.153. The zero-order chi connectivity index (χ0) is 21.4. The number of methoxy groups -OCH3 is 2. The largest absolute Gasteiger partial charge is 0.465 e. The van der Waals surface area contributed by atoms with Crippen LogP contribution in [-0.4, -0.2) is 38.0 Å². The lowest BCUT2D eigenvalue weighted by molar-refractivity contribution is -0.135. The molecule has 29 heavy (non-hydrogen) atoms. The lowest BCUT2D eigenvalue weighted by Crippen LogP contribution is -2.29. The highest BCUT2D eigenvalue weighted by molar-refractivity contribution is 5.96. The van der Waals surface area contributed by atoms with Gasteiger partial charge in [-0.15, -0.1) is 0 Å². The third-order valence-electron chi connectivity index (χ3n) is 3.93. The number of nitrogens with one attached hydrogen (secondary N) is 1. The smallest absolute Gasteiger partial charge is 0.338 e. The van der Waals surface area contributed by atoms with Crippen LogP contribution in [0.2, 0.25) is 0 Å². The van der Waals surface area contributed by atoms with Crippen molar-refractivity contribution in [3.63, 3.8) is 0 Å². The molecule has 0 radical (unpaired) electrons. The fourth-order valence-electron chi connectivity index (χ4n) is 2.65. The zero-order valence-electron chi connectivity index (χ0n) is 16.3. The second-order valence-corrected chi connectivity index (χ2v) is 6.07. The van der Waals surface area contributed by atoms with Gasteiger partial charge in [0.2, 0.25) is 5.91 Å². The first kappa shape index (κ1) is 21.6. The summed E-state index contributed by atoms with van der Waals surface area (Å²) in [5.74, 6) is -2.38. The predicted molar refractivity (Wildman–Crippen MR) is 102 cm³/mol. The number of esters is 3. The minimum absolute atomic E-state index is 0.0204. The van der Waals surface area contributed by atoms with Gasteiger partial charge in [-0.2, -0.15) is 0 Å². The lowest BCUT2D eigenvalue weighted by Gasteiger charge is -2.17. The summed E-state index contributed by atoms with van der Waals surface area (Å²) in [6, 6.07) is 12.2. The highest BCUT2D eigenvalue weighted by Gasteiger charge is 2.20. The monoisotopic (exact) mass is 399 g/mol. The molecule has 0 saturated heterocycles. The van der Waals surface area contributed by atoms with Gasteiger partial charge in [-0.3, -0.25) is 9.59 Å². The maximum absolute atomic E-state index is 12.5. The van der Waals surface area contributed by atoms with Gasteiger partial charge in [0, 0.05) is 6.92 Å². The summed E-state index contributed by atoms with van der Waals surface area (Å²) in [6.45, 7) is 1.35. The van der Waals surface area contributed by atoms with Crippen molar-refractivity contribution in [2.45, 2.75) is 19.4 Å². The molecule has 0 aliphatic carbocycles. The highest BCUT2D eigenvalue weighted by Crippen LogP contribution is 2.22. The lowest BCUT2D eigenvalue weighted by atomic mass is 10.0. The molecule has 2 aromatic rings. The van der Waals surface area contributed by atoms with Crippen LogP contribution in [0.15, 0.2) is 48.5 Å². The van der Waals surface area contributed by atoms with Gasteiger partial charge < -0.3 is 19.5 Å². The van der Waals surface area contributed by atoms with Gasteiger partial charge in [-0.25, -0.2) is 9.59 Å². The van der Waals surface area contributed by atoms with Gasteiger partial charge in [-0.1, -0.05) is 30.3 Å². The van der Waals surface area contributed by atoms with Crippen molar-refractivity contribution >= 4 is 23.8 Å². The first-order valence-corrected chi connectivity index (χ1v) is 8.68. The van der Waals surface area contributed by atoms with Crippen LogP contribution in [-0.2, 0) is 19.1 Å². The number of hydrogen-bond donors (Lipinski definition) is 1. The highest BCUT2D eigenvalue weighted by atomic mass is 16.5. The Balaban J connectivity index is 2.24. The molecule has 1 amide bonds. The average molecular weight is 399 g/mol. The van der Waals surface area contributed by atoms with Gasteiger partial charge in [0.05, 0.1) is 37.8 Å². The molecule has 2 rings (SSSR count). The minimum Gasteiger partial charge on any atom is -0.465 e. The molecule has 1 atom stereocenters. The van der Waals surface area contributed by atoms with Gasteiger partial charge >= 0.3 is 17.9 Å². The molecule has 1 N–H and O–H groups in total. The molecule has 0 heterocycles. The Morgan fingerprint density at radius 3 is 1.93 bits per heavy atom. The van der Waals surface area contributed by atoms with Gasteiger partial charge in [0.25, 0.3) is 0 Å². The van der Waals surface area contributed by atoms with Crippen LogP contribution in [0.4, 0.5) is 0 Å². The molecule has 8 nitrogen and oxygen atoms in total. The van der Waals surface area contributed by atoms with Crippen LogP contribution in [0.1, 0.15) is 45.7 Å². The molecule has 8 heteroatoms. The molecule has 1 unspecified atom stereocenters. The zero-order valence-corrected chi connectivity index (χ0v) is 16.3. The van der Waals surface area contributed by atoms with Gasteiger partial charge in [0.15, 0.2) is 0 Å². The molecular weight excluding hydrogens is 378 g/mol. The molecule has 0 saturated carbocycles. The number of ether oxygens (including phenoxy) is 3. The van der Waals surface area contributed by atoms with Crippen LogP contribution in [0.5, 0.6) is 5.75 Å². The Bertz CT molecular complexity index is 874. The van der Waals surface area contributed by atoms with Crippen LogP contribution >= 0.6 is 0 Å². The molecule has 152 valence electrons. The summed E-state index contributed by atoms with van der Waals surface area (Å²) < 4.78 is 14.6. The van der Waals surface area contributed by atoms with Crippen LogP contribution in [0, 0.1) is 0 Å². The van der Waals surface area contributed by atoms with E-state index in [1.807, 2.05) is 6.07 Å². The summed E-state index contributed by atoms with van der Waals surface area (Å²) in [5, 5.41) is 2.70. The van der Waals surface area contributed by atoms with Crippen LogP contribution in [0.3, 0.4) is 0 Å². The summed E-state index contributed by atoms with van der Waals surface area (Å²) >= 11 is 0. The molecule has 0 fully saturated rings. The SMILES string of the molecule is COC(=O)c1cc(OC(=O)CC(NC(C)=O)c2ccccc2)cc(C(=O)OC)c1. The molecule has 2 aromatic carbocycles. The molecule has 0 spiro atoms. The van der Waals surface area contributed by atoms with Crippen molar-refractivity contribution in [3.05, 3.63) is 65.2 Å². The van der Waals surface area contributed by atoms with E-state index in [0.717, 1.165) is 5.56 Å². The summed E-state index contributed by atoms with van der Waals surface area (Å²) in [4.78, 5) is 47.7. The normalized spacial score (nSPS) is 11.1. The Morgan fingerprint density at radius 1 is 0.897 bits per heavy atom. The topological polar surface area (TPSA) is 108 Å². The number of carbonyl (C=O) groups excluding carboxylic acids is 4. The first-order valence-electron chi connectivity index (χ1n) is 8.68. The van der Waals surface area contributed by atoms with Crippen molar-refractivity contribution < 1.29 is 33.4 Å². The Hall–Kier alpha value is -3.68. The molecule has 0 aliphatic heterocycles. The van der Waals surface area contributed by atoms with E-state index in [4.69, 9.17) is 4.74 Å². The summed E-state index contributed by atoms with van der Waals surface area (Å²) in [5.41, 5.74) is 0.789. The maximum atomic E-state index is 12.5. The van der Waals surface area contributed by atoms with Crippen molar-refractivity contribution in [3.8, 4) is 5.75 Å². The van der Waals surface area contributed by atoms with E-state index in [9.17, 15) is 19.2 Å². The van der Waals surface area contributed by atoms with E-state index in [2.05, 4.69) is 14.8 Å². The third kappa shape index (κ3) is 6.17. The standard InChI is InChI=1S/C21H21NO7/c1-13(23)22-18(14-7-5-4-6-8-14)12-19(24)29-17-10-15(20(25)27-2)9-16(11-17)21(26)28-3/h4-11,18H,12H2,1-3H3,(H,22,23). The van der Waals surface area contributed by atoms with E-state index in [0.29, 0.717) is 0 Å². The predicted octanol–water partition coefficient (Wildman–Crippen LogP) is 2.43. The number of rotatable bonds is 7. The Kier molecular flexibility index (Phi) is 7.47. The van der Waals surface area contributed by atoms with Crippen molar-refractivity contribution in [1.82, 2.24) is 5.32 Å². The number of amides is 1.